The van der Waals surface area contributed by atoms with Crippen molar-refractivity contribution in [2.75, 3.05) is 5.73 Å². The third-order valence-electron chi connectivity index (χ3n) is 3.07. The summed E-state index contributed by atoms with van der Waals surface area (Å²) >= 11 is 1.56. The summed E-state index contributed by atoms with van der Waals surface area (Å²) in [6.07, 6.45) is 0. The number of nitrogen functional groups attached to an aromatic ring is 1. The normalized spacial score (nSPS) is 12.1. The number of aromatic nitrogens is 1. The molecule has 1 amide bonds. The monoisotopic (exact) mass is 275 g/mol. The van der Waals surface area contributed by atoms with Crippen molar-refractivity contribution in [1.82, 2.24) is 10.3 Å². The van der Waals surface area contributed by atoms with Gasteiger partial charge in [0.1, 0.15) is 0 Å². The minimum Gasteiger partial charge on any atom is -0.399 e. The molecule has 100 valence electrons. The standard InChI is InChI=1S/C14H17N3OS/c1-9(11-4-3-5-12(15)6-11)14(18)16-7-13-10(2)17-8-19-13/h3-6,8-9H,7,15H2,1-2H3,(H,16,18). The number of carbonyl (C=O) groups is 1. The number of amides is 1. The predicted octanol–water partition coefficient (Wildman–Crippen LogP) is 2.45. The van der Waals surface area contributed by atoms with Crippen molar-refractivity contribution in [3.63, 3.8) is 0 Å². The van der Waals surface area contributed by atoms with E-state index in [1.807, 2.05) is 38.1 Å². The first-order valence-corrected chi connectivity index (χ1v) is 6.98. The van der Waals surface area contributed by atoms with Gasteiger partial charge in [-0.25, -0.2) is 4.98 Å². The molecule has 1 atom stereocenters. The number of nitrogens with zero attached hydrogens (tertiary/aromatic N) is 1. The first-order chi connectivity index (χ1) is 9.08. The van der Waals surface area contributed by atoms with Crippen molar-refractivity contribution in [3.8, 4) is 0 Å². The summed E-state index contributed by atoms with van der Waals surface area (Å²) in [5.41, 5.74) is 10.1. The Bertz CT molecular complexity index is 580. The Kier molecular flexibility index (Phi) is 4.16. The fraction of sp³-hybridized carbons (Fsp3) is 0.286. The molecule has 1 aromatic carbocycles. The molecule has 0 saturated heterocycles. The van der Waals surface area contributed by atoms with Gasteiger partial charge in [-0.1, -0.05) is 12.1 Å². The number of rotatable bonds is 4. The molecule has 2 rings (SSSR count). The molecule has 4 nitrogen and oxygen atoms in total. The molecule has 2 aromatic rings. The molecule has 19 heavy (non-hydrogen) atoms. The van der Waals surface area contributed by atoms with Crippen molar-refractivity contribution in [2.24, 2.45) is 0 Å². The van der Waals surface area contributed by atoms with E-state index in [4.69, 9.17) is 5.73 Å². The van der Waals surface area contributed by atoms with Crippen LogP contribution in [0.3, 0.4) is 0 Å². The molecule has 1 unspecified atom stereocenters. The SMILES string of the molecule is Cc1ncsc1CNC(=O)C(C)c1cccc(N)c1. The van der Waals surface area contributed by atoms with Gasteiger partial charge in [-0.15, -0.1) is 11.3 Å². The third kappa shape index (κ3) is 3.32. The molecule has 0 aliphatic rings. The van der Waals surface area contributed by atoms with E-state index in [0.29, 0.717) is 12.2 Å². The molecule has 0 aliphatic heterocycles. The van der Waals surface area contributed by atoms with E-state index in [9.17, 15) is 4.79 Å². The lowest BCUT2D eigenvalue weighted by Crippen LogP contribution is -2.27. The summed E-state index contributed by atoms with van der Waals surface area (Å²) in [4.78, 5) is 17.3. The lowest BCUT2D eigenvalue weighted by atomic mass is 10.00. The largest absolute Gasteiger partial charge is 0.399 e. The van der Waals surface area contributed by atoms with E-state index in [1.165, 1.54) is 0 Å². The van der Waals surface area contributed by atoms with Crippen LogP contribution in [-0.2, 0) is 11.3 Å². The van der Waals surface area contributed by atoms with Gasteiger partial charge >= 0.3 is 0 Å². The highest BCUT2D eigenvalue weighted by atomic mass is 32.1. The highest BCUT2D eigenvalue weighted by molar-refractivity contribution is 7.09. The fourth-order valence-corrected chi connectivity index (χ4v) is 2.51. The zero-order chi connectivity index (χ0) is 13.8. The molecule has 1 aromatic heterocycles. The highest BCUT2D eigenvalue weighted by Crippen LogP contribution is 2.18. The van der Waals surface area contributed by atoms with Gasteiger partial charge in [-0.2, -0.15) is 0 Å². The molecule has 1 heterocycles. The molecular formula is C14H17N3OS. The number of hydrogen-bond donors (Lipinski definition) is 2. The number of nitrogens with two attached hydrogens (primary N) is 1. The quantitative estimate of drug-likeness (QED) is 0.842. The van der Waals surface area contributed by atoms with Crippen LogP contribution in [0.2, 0.25) is 0 Å². The lowest BCUT2D eigenvalue weighted by molar-refractivity contribution is -0.122. The van der Waals surface area contributed by atoms with Crippen LogP contribution in [-0.4, -0.2) is 10.9 Å². The highest BCUT2D eigenvalue weighted by Gasteiger charge is 2.15. The molecular weight excluding hydrogens is 258 g/mol. The summed E-state index contributed by atoms with van der Waals surface area (Å²) in [5, 5.41) is 2.93. The minimum absolute atomic E-state index is 0.00148. The van der Waals surface area contributed by atoms with Crippen LogP contribution in [0.15, 0.2) is 29.8 Å². The molecule has 0 bridgehead atoms. The van der Waals surface area contributed by atoms with Gasteiger partial charge in [0, 0.05) is 10.6 Å². The van der Waals surface area contributed by atoms with Crippen molar-refractivity contribution < 1.29 is 4.79 Å². The number of anilines is 1. The molecule has 0 saturated carbocycles. The van der Waals surface area contributed by atoms with Crippen molar-refractivity contribution in [1.29, 1.82) is 0 Å². The second-order valence-electron chi connectivity index (χ2n) is 4.47. The summed E-state index contributed by atoms with van der Waals surface area (Å²) in [5.74, 6) is -0.213. The predicted molar refractivity (Wildman–Crippen MR) is 78.0 cm³/mol. The van der Waals surface area contributed by atoms with E-state index in [1.54, 1.807) is 16.8 Å². The Morgan fingerprint density at radius 2 is 2.32 bits per heavy atom. The van der Waals surface area contributed by atoms with Gasteiger partial charge < -0.3 is 11.1 Å². The number of thiazole rings is 1. The molecule has 0 aliphatic carbocycles. The van der Waals surface area contributed by atoms with Crippen molar-refractivity contribution in [2.45, 2.75) is 26.3 Å². The van der Waals surface area contributed by atoms with Gasteiger partial charge in [-0.05, 0) is 31.5 Å². The second-order valence-corrected chi connectivity index (χ2v) is 5.41. The summed E-state index contributed by atoms with van der Waals surface area (Å²) in [6.45, 7) is 4.35. The topological polar surface area (TPSA) is 68.0 Å². The molecule has 0 radical (unpaired) electrons. The zero-order valence-electron chi connectivity index (χ0n) is 11.0. The van der Waals surface area contributed by atoms with E-state index < -0.39 is 0 Å². The molecule has 0 fully saturated rings. The molecule has 3 N–H and O–H groups in total. The van der Waals surface area contributed by atoms with Gasteiger partial charge in [0.05, 0.1) is 23.7 Å². The van der Waals surface area contributed by atoms with E-state index in [-0.39, 0.29) is 11.8 Å². The average Bonchev–Trinajstić information content (AvgIpc) is 2.80. The van der Waals surface area contributed by atoms with Gasteiger partial charge in [-0.3, -0.25) is 4.79 Å². The van der Waals surface area contributed by atoms with Crippen molar-refractivity contribution in [3.05, 3.63) is 45.9 Å². The van der Waals surface area contributed by atoms with Crippen LogP contribution in [0, 0.1) is 6.92 Å². The van der Waals surface area contributed by atoms with Crippen LogP contribution in [0.25, 0.3) is 0 Å². The van der Waals surface area contributed by atoms with Crippen LogP contribution in [0.4, 0.5) is 5.69 Å². The van der Waals surface area contributed by atoms with Gasteiger partial charge in [0.25, 0.3) is 0 Å². The Hall–Kier alpha value is -1.88. The van der Waals surface area contributed by atoms with Crippen LogP contribution >= 0.6 is 11.3 Å². The number of nitrogens with one attached hydrogen (secondary N) is 1. The van der Waals surface area contributed by atoms with Crippen LogP contribution in [0.1, 0.15) is 29.0 Å². The minimum atomic E-state index is -0.211. The third-order valence-corrected chi connectivity index (χ3v) is 4.01. The lowest BCUT2D eigenvalue weighted by Gasteiger charge is -2.12. The van der Waals surface area contributed by atoms with Gasteiger partial charge in [0.2, 0.25) is 5.91 Å². The van der Waals surface area contributed by atoms with Crippen LogP contribution < -0.4 is 11.1 Å². The average molecular weight is 275 g/mol. The smallest absolute Gasteiger partial charge is 0.227 e. The number of benzene rings is 1. The summed E-state index contributed by atoms with van der Waals surface area (Å²) in [6, 6.07) is 7.43. The van der Waals surface area contributed by atoms with Gasteiger partial charge in [0.15, 0.2) is 0 Å². The Balaban J connectivity index is 1.98. The Labute approximate surface area is 116 Å². The Morgan fingerprint density at radius 1 is 1.53 bits per heavy atom. The number of hydrogen-bond acceptors (Lipinski definition) is 4. The Morgan fingerprint density at radius 3 is 2.95 bits per heavy atom. The number of carbonyl (C=O) groups excluding carboxylic acids is 1. The molecule has 5 heteroatoms. The maximum Gasteiger partial charge on any atom is 0.227 e. The fourth-order valence-electron chi connectivity index (χ4n) is 1.80. The first kappa shape index (κ1) is 13.5. The summed E-state index contributed by atoms with van der Waals surface area (Å²) < 4.78 is 0. The second kappa shape index (κ2) is 5.84. The first-order valence-electron chi connectivity index (χ1n) is 6.10. The number of aryl methyl sites for hydroxylation is 1. The summed E-state index contributed by atoms with van der Waals surface area (Å²) in [7, 11) is 0. The maximum atomic E-state index is 12.1. The van der Waals surface area contributed by atoms with Crippen molar-refractivity contribution >= 4 is 22.9 Å². The van der Waals surface area contributed by atoms with E-state index >= 15 is 0 Å². The van der Waals surface area contributed by atoms with E-state index in [2.05, 4.69) is 10.3 Å². The van der Waals surface area contributed by atoms with E-state index in [0.717, 1.165) is 16.1 Å². The zero-order valence-corrected chi connectivity index (χ0v) is 11.8. The maximum absolute atomic E-state index is 12.1. The van der Waals surface area contributed by atoms with Crippen LogP contribution in [0.5, 0.6) is 0 Å². The molecule has 0 spiro atoms.